The van der Waals surface area contributed by atoms with E-state index in [-0.39, 0.29) is 0 Å². The van der Waals surface area contributed by atoms with Crippen LogP contribution in [-0.2, 0) is 11.3 Å². The highest BCUT2D eigenvalue weighted by Crippen LogP contribution is 2.15. The van der Waals surface area contributed by atoms with Gasteiger partial charge in [-0.25, -0.2) is 0 Å². The van der Waals surface area contributed by atoms with E-state index in [0.29, 0.717) is 6.61 Å². The first-order chi connectivity index (χ1) is 6.24. The third-order valence-corrected chi connectivity index (χ3v) is 2.52. The van der Waals surface area contributed by atoms with E-state index in [2.05, 4.69) is 43.9 Å². The molecule has 0 aliphatic heterocycles. The molecule has 5 heteroatoms. The second-order valence-electron chi connectivity index (χ2n) is 2.63. The monoisotopic (exact) mass is 310 g/mol. The fourth-order valence-electron chi connectivity index (χ4n) is 0.919. The van der Waals surface area contributed by atoms with E-state index in [9.17, 15) is 0 Å². The summed E-state index contributed by atoms with van der Waals surface area (Å²) in [5.41, 5.74) is 0. The van der Waals surface area contributed by atoms with Crippen LogP contribution in [-0.4, -0.2) is 23.0 Å². The van der Waals surface area contributed by atoms with Gasteiger partial charge in [0.1, 0.15) is 9.21 Å². The molecule has 0 N–H and O–H groups in total. The lowest BCUT2D eigenvalue weighted by Crippen LogP contribution is -2.08. The SMILES string of the molecule is CCCOCCn1nc(Br)cc1Br. The van der Waals surface area contributed by atoms with Crippen LogP contribution >= 0.6 is 31.9 Å². The summed E-state index contributed by atoms with van der Waals surface area (Å²) in [6, 6.07) is 1.92. The molecular formula is C8H12Br2N2O. The van der Waals surface area contributed by atoms with Crippen LogP contribution in [0.5, 0.6) is 0 Å². The Morgan fingerprint density at radius 3 is 2.77 bits per heavy atom. The predicted octanol–water partition coefficient (Wildman–Crippen LogP) is 2.83. The fraction of sp³-hybridized carbons (Fsp3) is 0.625. The summed E-state index contributed by atoms with van der Waals surface area (Å²) in [5, 5.41) is 4.21. The van der Waals surface area contributed by atoms with Crippen molar-refractivity contribution < 1.29 is 4.74 Å². The zero-order valence-corrected chi connectivity index (χ0v) is 10.6. The van der Waals surface area contributed by atoms with E-state index >= 15 is 0 Å². The second-order valence-corrected chi connectivity index (χ2v) is 4.25. The van der Waals surface area contributed by atoms with Crippen LogP contribution in [0.3, 0.4) is 0 Å². The Balaban J connectivity index is 2.32. The van der Waals surface area contributed by atoms with E-state index in [4.69, 9.17) is 4.74 Å². The van der Waals surface area contributed by atoms with Crippen LogP contribution in [0.2, 0.25) is 0 Å². The first kappa shape index (κ1) is 11.2. The highest BCUT2D eigenvalue weighted by molar-refractivity contribution is 9.11. The summed E-state index contributed by atoms with van der Waals surface area (Å²) >= 11 is 6.70. The third-order valence-electron chi connectivity index (χ3n) is 1.50. The van der Waals surface area contributed by atoms with Crippen LogP contribution in [0.25, 0.3) is 0 Å². The molecule has 1 rings (SSSR count). The van der Waals surface area contributed by atoms with Gasteiger partial charge in [-0.2, -0.15) is 5.10 Å². The lowest BCUT2D eigenvalue weighted by Gasteiger charge is -2.03. The summed E-state index contributed by atoms with van der Waals surface area (Å²) in [7, 11) is 0. The van der Waals surface area contributed by atoms with Gasteiger partial charge in [0.05, 0.1) is 13.2 Å². The molecule has 0 atom stereocenters. The molecule has 0 radical (unpaired) electrons. The molecule has 1 heterocycles. The first-order valence-electron chi connectivity index (χ1n) is 4.20. The first-order valence-corrected chi connectivity index (χ1v) is 5.79. The van der Waals surface area contributed by atoms with Crippen molar-refractivity contribution in [3.8, 4) is 0 Å². The summed E-state index contributed by atoms with van der Waals surface area (Å²) in [6.45, 7) is 4.41. The minimum atomic E-state index is 0.709. The van der Waals surface area contributed by atoms with E-state index in [1.54, 1.807) is 0 Å². The van der Waals surface area contributed by atoms with Gasteiger partial charge in [0.25, 0.3) is 0 Å². The Morgan fingerprint density at radius 1 is 1.46 bits per heavy atom. The molecule has 0 fully saturated rings. The molecule has 13 heavy (non-hydrogen) atoms. The molecule has 0 bridgehead atoms. The van der Waals surface area contributed by atoms with Gasteiger partial charge in [0.15, 0.2) is 0 Å². The van der Waals surface area contributed by atoms with Crippen molar-refractivity contribution in [2.24, 2.45) is 0 Å². The second kappa shape index (κ2) is 5.78. The Hall–Kier alpha value is 0.130. The average Bonchev–Trinajstić information content (AvgIpc) is 2.39. The molecule has 0 aliphatic carbocycles. The van der Waals surface area contributed by atoms with E-state index in [1.807, 2.05) is 10.7 Å². The molecule has 1 aromatic rings. The van der Waals surface area contributed by atoms with Crippen molar-refractivity contribution in [1.82, 2.24) is 9.78 Å². The normalized spacial score (nSPS) is 10.7. The van der Waals surface area contributed by atoms with Crippen LogP contribution < -0.4 is 0 Å². The van der Waals surface area contributed by atoms with Crippen molar-refractivity contribution in [2.75, 3.05) is 13.2 Å². The zero-order chi connectivity index (χ0) is 9.68. The standard InChI is InChI=1S/C8H12Br2N2O/c1-2-4-13-5-3-12-8(10)6-7(9)11-12/h6H,2-5H2,1H3. The van der Waals surface area contributed by atoms with Gasteiger partial charge in [0, 0.05) is 12.7 Å². The van der Waals surface area contributed by atoms with Crippen molar-refractivity contribution in [1.29, 1.82) is 0 Å². The van der Waals surface area contributed by atoms with Gasteiger partial charge in [-0.3, -0.25) is 4.68 Å². The molecule has 0 saturated heterocycles. The van der Waals surface area contributed by atoms with Crippen molar-refractivity contribution in [3.05, 3.63) is 15.3 Å². The minimum Gasteiger partial charge on any atom is -0.380 e. The Bertz CT molecular complexity index is 263. The average molecular weight is 312 g/mol. The zero-order valence-electron chi connectivity index (χ0n) is 7.46. The molecule has 0 amide bonds. The summed E-state index contributed by atoms with van der Waals surface area (Å²) in [5.74, 6) is 0. The summed E-state index contributed by atoms with van der Waals surface area (Å²) in [6.07, 6.45) is 1.06. The molecule has 0 aromatic carbocycles. The number of halogens is 2. The largest absolute Gasteiger partial charge is 0.380 e. The molecule has 0 aliphatic rings. The van der Waals surface area contributed by atoms with Crippen molar-refractivity contribution >= 4 is 31.9 Å². The van der Waals surface area contributed by atoms with Crippen LogP contribution in [0, 0.1) is 0 Å². The number of aromatic nitrogens is 2. The van der Waals surface area contributed by atoms with Gasteiger partial charge in [0.2, 0.25) is 0 Å². The minimum absolute atomic E-state index is 0.709. The maximum absolute atomic E-state index is 5.35. The molecular weight excluding hydrogens is 300 g/mol. The lowest BCUT2D eigenvalue weighted by atomic mass is 10.5. The van der Waals surface area contributed by atoms with Gasteiger partial charge >= 0.3 is 0 Å². The molecule has 0 unspecified atom stereocenters. The highest BCUT2D eigenvalue weighted by Gasteiger charge is 2.01. The molecule has 3 nitrogen and oxygen atoms in total. The van der Waals surface area contributed by atoms with E-state index in [1.165, 1.54) is 0 Å². The van der Waals surface area contributed by atoms with E-state index in [0.717, 1.165) is 28.8 Å². The molecule has 1 aromatic heterocycles. The quantitative estimate of drug-likeness (QED) is 0.782. The molecule has 0 saturated carbocycles. The van der Waals surface area contributed by atoms with Crippen molar-refractivity contribution in [3.63, 3.8) is 0 Å². The summed E-state index contributed by atoms with van der Waals surface area (Å²) in [4.78, 5) is 0. The number of hydrogen-bond acceptors (Lipinski definition) is 2. The van der Waals surface area contributed by atoms with Crippen molar-refractivity contribution in [2.45, 2.75) is 19.9 Å². The van der Waals surface area contributed by atoms with Crippen LogP contribution in [0.1, 0.15) is 13.3 Å². The third kappa shape index (κ3) is 3.79. The van der Waals surface area contributed by atoms with Crippen LogP contribution in [0.4, 0.5) is 0 Å². The summed E-state index contributed by atoms with van der Waals surface area (Å²) < 4.78 is 9.03. The van der Waals surface area contributed by atoms with Crippen LogP contribution in [0.15, 0.2) is 15.3 Å². The Morgan fingerprint density at radius 2 is 2.23 bits per heavy atom. The van der Waals surface area contributed by atoms with E-state index < -0.39 is 0 Å². The maximum atomic E-state index is 5.35. The Kier molecular flexibility index (Phi) is 4.98. The molecule has 0 spiro atoms. The van der Waals surface area contributed by atoms with Gasteiger partial charge < -0.3 is 4.74 Å². The topological polar surface area (TPSA) is 27.1 Å². The highest BCUT2D eigenvalue weighted by atomic mass is 79.9. The number of hydrogen-bond donors (Lipinski definition) is 0. The fourth-order valence-corrected chi connectivity index (χ4v) is 2.11. The van der Waals surface area contributed by atoms with Gasteiger partial charge in [-0.1, -0.05) is 6.92 Å². The van der Waals surface area contributed by atoms with Gasteiger partial charge in [-0.05, 0) is 38.3 Å². The Labute approximate surface area is 94.7 Å². The number of nitrogens with zero attached hydrogens (tertiary/aromatic N) is 2. The van der Waals surface area contributed by atoms with Gasteiger partial charge in [-0.15, -0.1) is 0 Å². The smallest absolute Gasteiger partial charge is 0.129 e. The number of ether oxygens (including phenoxy) is 1. The maximum Gasteiger partial charge on any atom is 0.129 e. The molecule has 74 valence electrons. The number of rotatable bonds is 5. The predicted molar refractivity (Wildman–Crippen MR) is 58.7 cm³/mol. The lowest BCUT2D eigenvalue weighted by molar-refractivity contribution is 0.124.